The van der Waals surface area contributed by atoms with Gasteiger partial charge in [0.15, 0.2) is 0 Å². The van der Waals surface area contributed by atoms with Crippen LogP contribution in [0.15, 0.2) is 69.9 Å². The lowest BCUT2D eigenvalue weighted by Crippen LogP contribution is -2.37. The van der Waals surface area contributed by atoms with Crippen molar-refractivity contribution in [3.8, 4) is 5.75 Å². The van der Waals surface area contributed by atoms with E-state index in [9.17, 15) is 0 Å². The number of hydrogen-bond acceptors (Lipinski definition) is 3. The van der Waals surface area contributed by atoms with Crippen molar-refractivity contribution in [1.29, 1.82) is 0 Å². The van der Waals surface area contributed by atoms with Crippen molar-refractivity contribution in [2.45, 2.75) is 18.7 Å². The third-order valence-electron chi connectivity index (χ3n) is 4.86. The maximum Gasteiger partial charge on any atom is 0.200 e. The smallest absolute Gasteiger partial charge is 0.200 e. The molecule has 2 atom stereocenters. The molecular formula is C20H14Br2N2O. The molecule has 0 saturated carbocycles. The fourth-order valence-corrected chi connectivity index (χ4v) is 4.56. The second kappa shape index (κ2) is 5.85. The Hall–Kier alpha value is -1.85. The molecule has 0 radical (unpaired) electrons. The van der Waals surface area contributed by atoms with Gasteiger partial charge in [-0.2, -0.15) is 0 Å². The van der Waals surface area contributed by atoms with E-state index in [1.807, 2.05) is 12.3 Å². The van der Waals surface area contributed by atoms with Crippen molar-refractivity contribution in [2.24, 2.45) is 0 Å². The summed E-state index contributed by atoms with van der Waals surface area (Å²) in [5.41, 5.74) is 4.87. The van der Waals surface area contributed by atoms with Gasteiger partial charge >= 0.3 is 0 Å². The largest absolute Gasteiger partial charge is 0.466 e. The summed E-state index contributed by atoms with van der Waals surface area (Å²) in [5, 5.41) is 0. The molecule has 1 aromatic heterocycles. The van der Waals surface area contributed by atoms with Gasteiger partial charge in [-0.25, -0.2) is 0 Å². The molecule has 2 unspecified atom stereocenters. The number of fused-ring (bicyclic) bond motifs is 5. The van der Waals surface area contributed by atoms with Gasteiger partial charge in [0.2, 0.25) is 6.23 Å². The van der Waals surface area contributed by atoms with Crippen molar-refractivity contribution >= 4 is 37.5 Å². The van der Waals surface area contributed by atoms with Gasteiger partial charge in [-0.1, -0.05) is 44.0 Å². The lowest BCUT2D eigenvalue weighted by atomic mass is 9.99. The summed E-state index contributed by atoms with van der Waals surface area (Å²) in [6.07, 6.45) is 4.48. The fourth-order valence-electron chi connectivity index (χ4n) is 3.81. The quantitative estimate of drug-likeness (QED) is 0.461. The van der Waals surface area contributed by atoms with Crippen molar-refractivity contribution < 1.29 is 4.74 Å². The van der Waals surface area contributed by atoms with E-state index in [1.165, 1.54) is 16.8 Å². The first kappa shape index (κ1) is 15.4. The van der Waals surface area contributed by atoms with E-state index in [4.69, 9.17) is 4.74 Å². The van der Waals surface area contributed by atoms with Crippen LogP contribution < -0.4 is 9.64 Å². The molecule has 0 N–H and O–H groups in total. The normalized spacial score (nSPS) is 20.5. The summed E-state index contributed by atoms with van der Waals surface area (Å²) >= 11 is 7.16. The van der Waals surface area contributed by atoms with Crippen LogP contribution in [-0.4, -0.2) is 4.98 Å². The zero-order chi connectivity index (χ0) is 17.0. The number of benzene rings is 2. The van der Waals surface area contributed by atoms with Gasteiger partial charge in [-0.15, -0.1) is 0 Å². The SMILES string of the molecule is Brc1ccc2c(c1)CC1c3ccc(Br)cc3OC(c3cccnc3)N21. The number of hydrogen-bond donors (Lipinski definition) is 0. The van der Waals surface area contributed by atoms with Crippen molar-refractivity contribution in [3.05, 3.63) is 86.6 Å². The molecular weight excluding hydrogens is 444 g/mol. The van der Waals surface area contributed by atoms with Crippen LogP contribution in [0.3, 0.4) is 0 Å². The van der Waals surface area contributed by atoms with Crippen LogP contribution in [0.1, 0.15) is 29.0 Å². The van der Waals surface area contributed by atoms with Crippen LogP contribution in [0, 0.1) is 0 Å². The van der Waals surface area contributed by atoms with E-state index in [1.54, 1.807) is 6.20 Å². The summed E-state index contributed by atoms with van der Waals surface area (Å²) in [4.78, 5) is 6.68. The molecule has 25 heavy (non-hydrogen) atoms. The summed E-state index contributed by atoms with van der Waals surface area (Å²) in [7, 11) is 0. The monoisotopic (exact) mass is 456 g/mol. The van der Waals surface area contributed by atoms with Crippen LogP contribution >= 0.6 is 31.9 Å². The number of anilines is 1. The lowest BCUT2D eigenvalue weighted by molar-refractivity contribution is 0.167. The van der Waals surface area contributed by atoms with Gasteiger partial charge in [-0.3, -0.25) is 4.98 Å². The molecule has 2 aromatic carbocycles. The molecule has 0 spiro atoms. The topological polar surface area (TPSA) is 25.4 Å². The van der Waals surface area contributed by atoms with Crippen LogP contribution in [0.2, 0.25) is 0 Å². The third kappa shape index (κ3) is 2.49. The molecule has 3 aromatic rings. The Morgan fingerprint density at radius 1 is 1.04 bits per heavy atom. The molecule has 0 saturated heterocycles. The molecule has 5 heteroatoms. The van der Waals surface area contributed by atoms with Gasteiger partial charge in [0.1, 0.15) is 5.75 Å². The Morgan fingerprint density at radius 3 is 2.72 bits per heavy atom. The van der Waals surface area contributed by atoms with Crippen LogP contribution in [0.25, 0.3) is 0 Å². The Labute approximate surface area is 162 Å². The Balaban J connectivity index is 1.70. The average molecular weight is 458 g/mol. The number of ether oxygens (including phenoxy) is 1. The first-order valence-corrected chi connectivity index (χ1v) is 9.72. The average Bonchev–Trinajstić information content (AvgIpc) is 3.00. The minimum Gasteiger partial charge on any atom is -0.466 e. The summed E-state index contributed by atoms with van der Waals surface area (Å²) < 4.78 is 8.59. The number of halogens is 2. The van der Waals surface area contributed by atoms with Gasteiger partial charge in [0.05, 0.1) is 6.04 Å². The first-order chi connectivity index (χ1) is 12.2. The molecule has 0 amide bonds. The Bertz CT molecular complexity index is 961. The van der Waals surface area contributed by atoms with Gasteiger partial charge in [0, 0.05) is 38.2 Å². The Morgan fingerprint density at radius 2 is 1.88 bits per heavy atom. The predicted octanol–water partition coefficient (Wildman–Crippen LogP) is 5.80. The summed E-state index contributed by atoms with van der Waals surface area (Å²) in [5.74, 6) is 0.941. The van der Waals surface area contributed by atoms with Gasteiger partial charge in [0.25, 0.3) is 0 Å². The van der Waals surface area contributed by atoms with E-state index in [0.717, 1.165) is 26.7 Å². The molecule has 2 aliphatic rings. The number of rotatable bonds is 1. The van der Waals surface area contributed by atoms with E-state index in [-0.39, 0.29) is 12.3 Å². The van der Waals surface area contributed by atoms with E-state index >= 15 is 0 Å². The third-order valence-corrected chi connectivity index (χ3v) is 5.85. The lowest BCUT2D eigenvalue weighted by Gasteiger charge is -2.41. The second-order valence-corrected chi connectivity index (χ2v) is 8.17. The standard InChI is InChI=1S/C20H14Br2N2O/c21-14-4-6-17-13(8-14)9-18-16-5-3-15(22)10-19(16)25-20(24(17)18)12-2-1-7-23-11-12/h1-8,10-11,18,20H,9H2. The number of aromatic nitrogens is 1. The molecule has 124 valence electrons. The second-order valence-electron chi connectivity index (χ2n) is 6.34. The molecule has 2 aliphatic heterocycles. The van der Waals surface area contributed by atoms with Crippen molar-refractivity contribution in [1.82, 2.24) is 4.98 Å². The fraction of sp³-hybridized carbons (Fsp3) is 0.150. The highest BCUT2D eigenvalue weighted by atomic mass is 79.9. The maximum absolute atomic E-state index is 6.44. The van der Waals surface area contributed by atoms with Crippen molar-refractivity contribution in [3.63, 3.8) is 0 Å². The van der Waals surface area contributed by atoms with Crippen molar-refractivity contribution in [2.75, 3.05) is 4.90 Å². The highest BCUT2D eigenvalue weighted by Crippen LogP contribution is 2.52. The Kier molecular flexibility index (Phi) is 3.61. The maximum atomic E-state index is 6.44. The van der Waals surface area contributed by atoms with Gasteiger partial charge in [-0.05, 0) is 48.4 Å². The van der Waals surface area contributed by atoms with E-state index in [2.05, 4.69) is 84.2 Å². The molecule has 5 rings (SSSR count). The molecule has 0 bridgehead atoms. The zero-order valence-electron chi connectivity index (χ0n) is 13.2. The highest BCUT2D eigenvalue weighted by molar-refractivity contribution is 9.10. The first-order valence-electron chi connectivity index (χ1n) is 8.13. The summed E-state index contributed by atoms with van der Waals surface area (Å²) in [6, 6.07) is 17.1. The minimum atomic E-state index is -0.178. The number of pyridine rings is 1. The molecule has 0 aliphatic carbocycles. The van der Waals surface area contributed by atoms with E-state index in [0.29, 0.717) is 0 Å². The van der Waals surface area contributed by atoms with Crippen LogP contribution in [-0.2, 0) is 6.42 Å². The van der Waals surface area contributed by atoms with E-state index < -0.39 is 0 Å². The summed E-state index contributed by atoms with van der Waals surface area (Å²) in [6.45, 7) is 0. The van der Waals surface area contributed by atoms with Gasteiger partial charge < -0.3 is 9.64 Å². The number of nitrogens with zero attached hydrogens (tertiary/aromatic N) is 2. The van der Waals surface area contributed by atoms with Crippen LogP contribution in [0.5, 0.6) is 5.75 Å². The zero-order valence-corrected chi connectivity index (χ0v) is 16.4. The molecule has 3 nitrogen and oxygen atoms in total. The highest BCUT2D eigenvalue weighted by Gasteiger charge is 2.42. The molecule has 3 heterocycles. The molecule has 0 fully saturated rings. The minimum absolute atomic E-state index is 0.178. The predicted molar refractivity (Wildman–Crippen MR) is 105 cm³/mol. The van der Waals surface area contributed by atoms with Crippen LogP contribution in [0.4, 0.5) is 5.69 Å².